The van der Waals surface area contributed by atoms with Gasteiger partial charge in [0.05, 0.1) is 11.8 Å². The minimum Gasteiger partial charge on any atom is -0.481 e. The molecule has 2 saturated heterocycles. The van der Waals surface area contributed by atoms with Crippen LogP contribution < -0.4 is 14.4 Å². The Balaban J connectivity index is 1.45. The van der Waals surface area contributed by atoms with E-state index >= 15 is 0 Å². The summed E-state index contributed by atoms with van der Waals surface area (Å²) in [6.07, 6.45) is 0.606. The van der Waals surface area contributed by atoms with Gasteiger partial charge in [-0.1, -0.05) is 0 Å². The minimum atomic E-state index is -0.875. The van der Waals surface area contributed by atoms with E-state index in [4.69, 9.17) is 14.6 Å². The van der Waals surface area contributed by atoms with E-state index in [1.165, 1.54) is 0 Å². The Kier molecular flexibility index (Phi) is 3.74. The standard InChI is InChI=1S/C17H18N2O6/c20-15-5-11(16(21)18-4-3-10(7-18)17(22)23)8-19(15)12-1-2-13-14(6-12)25-9-24-13/h1-2,6,10-11H,3-5,7-9H2,(H,22,23)/t10-,11+/m1/s1. The number of likely N-dealkylation sites (tertiary alicyclic amines) is 1. The first-order chi connectivity index (χ1) is 12.0. The molecule has 0 aliphatic carbocycles. The fraction of sp³-hybridized carbons (Fsp3) is 0.471. The first-order valence-corrected chi connectivity index (χ1v) is 8.24. The molecule has 8 nitrogen and oxygen atoms in total. The number of ether oxygens (including phenoxy) is 2. The zero-order chi connectivity index (χ0) is 17.6. The Morgan fingerprint density at radius 3 is 2.68 bits per heavy atom. The number of carboxylic acid groups (broad SMARTS) is 1. The number of carboxylic acids is 1. The van der Waals surface area contributed by atoms with Crippen LogP contribution in [0.4, 0.5) is 5.69 Å². The number of anilines is 1. The van der Waals surface area contributed by atoms with E-state index in [0.29, 0.717) is 36.7 Å². The molecule has 0 saturated carbocycles. The first-order valence-electron chi connectivity index (χ1n) is 8.24. The molecule has 1 N–H and O–H groups in total. The summed E-state index contributed by atoms with van der Waals surface area (Å²) < 4.78 is 10.6. The molecule has 3 heterocycles. The van der Waals surface area contributed by atoms with Gasteiger partial charge in [0.15, 0.2) is 11.5 Å². The summed E-state index contributed by atoms with van der Waals surface area (Å²) in [6.45, 7) is 1.12. The molecule has 0 unspecified atom stereocenters. The van der Waals surface area contributed by atoms with Crippen LogP contribution in [-0.2, 0) is 14.4 Å². The fourth-order valence-electron chi connectivity index (χ4n) is 3.60. The van der Waals surface area contributed by atoms with Crippen molar-refractivity contribution in [2.24, 2.45) is 11.8 Å². The molecule has 8 heteroatoms. The molecule has 2 atom stereocenters. The summed E-state index contributed by atoms with van der Waals surface area (Å²) >= 11 is 0. The van der Waals surface area contributed by atoms with Crippen LogP contribution in [0.25, 0.3) is 0 Å². The molecule has 3 aliphatic rings. The number of hydrogen-bond acceptors (Lipinski definition) is 5. The van der Waals surface area contributed by atoms with Gasteiger partial charge in [-0.05, 0) is 18.6 Å². The summed E-state index contributed by atoms with van der Waals surface area (Å²) in [5.41, 5.74) is 0.675. The first kappa shape index (κ1) is 15.7. The Morgan fingerprint density at radius 1 is 1.12 bits per heavy atom. The number of rotatable bonds is 3. The van der Waals surface area contributed by atoms with Crippen LogP contribution in [0.1, 0.15) is 12.8 Å². The van der Waals surface area contributed by atoms with Gasteiger partial charge in [0.25, 0.3) is 0 Å². The van der Waals surface area contributed by atoms with Gasteiger partial charge in [0.2, 0.25) is 18.6 Å². The highest BCUT2D eigenvalue weighted by Crippen LogP contribution is 2.37. The number of fused-ring (bicyclic) bond motifs is 1. The summed E-state index contributed by atoms with van der Waals surface area (Å²) in [5, 5.41) is 9.07. The summed E-state index contributed by atoms with van der Waals surface area (Å²) in [6, 6.07) is 5.26. The number of benzene rings is 1. The second kappa shape index (κ2) is 5.94. The molecule has 0 spiro atoms. The van der Waals surface area contributed by atoms with Crippen LogP contribution in [0.15, 0.2) is 18.2 Å². The Hall–Kier alpha value is -2.77. The van der Waals surface area contributed by atoms with Crippen molar-refractivity contribution in [1.29, 1.82) is 0 Å². The van der Waals surface area contributed by atoms with Gasteiger partial charge >= 0.3 is 5.97 Å². The summed E-state index contributed by atoms with van der Waals surface area (Å²) in [4.78, 5) is 39.2. The molecule has 0 aromatic heterocycles. The van der Waals surface area contributed by atoms with E-state index in [-0.39, 0.29) is 31.6 Å². The van der Waals surface area contributed by atoms with Crippen LogP contribution in [0.5, 0.6) is 11.5 Å². The van der Waals surface area contributed by atoms with Gasteiger partial charge < -0.3 is 24.4 Å². The predicted molar refractivity (Wildman–Crippen MR) is 85.3 cm³/mol. The number of amides is 2. The number of nitrogens with zero attached hydrogens (tertiary/aromatic N) is 2. The van der Waals surface area contributed by atoms with Crippen molar-refractivity contribution in [3.63, 3.8) is 0 Å². The van der Waals surface area contributed by atoms with Gasteiger partial charge in [0.1, 0.15) is 0 Å². The quantitative estimate of drug-likeness (QED) is 0.865. The number of carbonyl (C=O) groups excluding carboxylic acids is 2. The normalized spacial score (nSPS) is 24.9. The number of aliphatic carboxylic acids is 1. The van der Waals surface area contributed by atoms with Crippen molar-refractivity contribution in [1.82, 2.24) is 4.90 Å². The van der Waals surface area contributed by atoms with Gasteiger partial charge in [-0.2, -0.15) is 0 Å². The van der Waals surface area contributed by atoms with Gasteiger partial charge in [-0.3, -0.25) is 14.4 Å². The molecular formula is C17H18N2O6. The molecule has 3 aliphatic heterocycles. The lowest BCUT2D eigenvalue weighted by molar-refractivity contribution is -0.141. The topological polar surface area (TPSA) is 96.4 Å². The lowest BCUT2D eigenvalue weighted by atomic mass is 10.1. The molecule has 2 fully saturated rings. The third-order valence-corrected chi connectivity index (χ3v) is 4.99. The zero-order valence-electron chi connectivity index (χ0n) is 13.5. The van der Waals surface area contributed by atoms with Crippen molar-refractivity contribution in [3.8, 4) is 11.5 Å². The molecule has 132 valence electrons. The lowest BCUT2D eigenvalue weighted by Crippen LogP contribution is -2.36. The van der Waals surface area contributed by atoms with E-state index < -0.39 is 17.8 Å². The monoisotopic (exact) mass is 346 g/mol. The SMILES string of the molecule is O=C(O)[C@@H]1CCN(C(=O)[C@H]2CC(=O)N(c3ccc4c(c3)OCO4)C2)C1. The lowest BCUT2D eigenvalue weighted by Gasteiger charge is -2.21. The second-order valence-electron chi connectivity index (χ2n) is 6.55. The van der Waals surface area contributed by atoms with E-state index in [9.17, 15) is 14.4 Å². The van der Waals surface area contributed by atoms with Crippen molar-refractivity contribution in [3.05, 3.63) is 18.2 Å². The third-order valence-electron chi connectivity index (χ3n) is 4.99. The number of carbonyl (C=O) groups is 3. The summed E-state index contributed by atoms with van der Waals surface area (Å²) in [7, 11) is 0. The summed E-state index contributed by atoms with van der Waals surface area (Å²) in [5.74, 6) is -0.855. The molecule has 0 bridgehead atoms. The Bertz CT molecular complexity index is 749. The van der Waals surface area contributed by atoms with Crippen molar-refractivity contribution in [2.45, 2.75) is 12.8 Å². The van der Waals surface area contributed by atoms with Crippen LogP contribution in [0.2, 0.25) is 0 Å². The number of hydrogen-bond donors (Lipinski definition) is 1. The molecule has 0 radical (unpaired) electrons. The molecule has 1 aromatic rings. The van der Waals surface area contributed by atoms with Crippen molar-refractivity contribution >= 4 is 23.5 Å². The Morgan fingerprint density at radius 2 is 1.92 bits per heavy atom. The van der Waals surface area contributed by atoms with E-state index in [1.54, 1.807) is 28.0 Å². The Labute approximate surface area is 143 Å². The van der Waals surface area contributed by atoms with Crippen LogP contribution in [0.3, 0.4) is 0 Å². The average Bonchev–Trinajstić information content (AvgIpc) is 3.32. The van der Waals surface area contributed by atoms with Gasteiger partial charge in [-0.15, -0.1) is 0 Å². The fourth-order valence-corrected chi connectivity index (χ4v) is 3.60. The average molecular weight is 346 g/mol. The maximum Gasteiger partial charge on any atom is 0.308 e. The zero-order valence-corrected chi connectivity index (χ0v) is 13.5. The highest BCUT2D eigenvalue weighted by Gasteiger charge is 2.40. The minimum absolute atomic E-state index is 0.119. The van der Waals surface area contributed by atoms with E-state index in [0.717, 1.165) is 0 Å². The molecule has 2 amide bonds. The van der Waals surface area contributed by atoms with Gasteiger partial charge in [0, 0.05) is 37.8 Å². The highest BCUT2D eigenvalue weighted by molar-refractivity contribution is 6.00. The molecule has 25 heavy (non-hydrogen) atoms. The van der Waals surface area contributed by atoms with E-state index in [2.05, 4.69) is 0 Å². The van der Waals surface area contributed by atoms with Crippen molar-refractivity contribution in [2.75, 3.05) is 31.3 Å². The van der Waals surface area contributed by atoms with E-state index in [1.807, 2.05) is 0 Å². The maximum atomic E-state index is 12.6. The van der Waals surface area contributed by atoms with Crippen LogP contribution in [0, 0.1) is 11.8 Å². The molecule has 1 aromatic carbocycles. The maximum absolute atomic E-state index is 12.6. The van der Waals surface area contributed by atoms with Crippen molar-refractivity contribution < 1.29 is 29.0 Å². The largest absolute Gasteiger partial charge is 0.481 e. The van der Waals surface area contributed by atoms with Crippen LogP contribution >= 0.6 is 0 Å². The molecular weight excluding hydrogens is 328 g/mol. The smallest absolute Gasteiger partial charge is 0.308 e. The van der Waals surface area contributed by atoms with Gasteiger partial charge in [-0.25, -0.2) is 0 Å². The highest BCUT2D eigenvalue weighted by atomic mass is 16.7. The predicted octanol–water partition coefficient (Wildman–Crippen LogP) is 0.701. The second-order valence-corrected chi connectivity index (χ2v) is 6.55. The van der Waals surface area contributed by atoms with Crippen LogP contribution in [-0.4, -0.2) is 54.2 Å². The third kappa shape index (κ3) is 2.77. The molecule has 4 rings (SSSR count).